The number of benzene rings is 1. The van der Waals surface area contributed by atoms with Crippen molar-refractivity contribution < 1.29 is 9.53 Å². The summed E-state index contributed by atoms with van der Waals surface area (Å²) in [5.41, 5.74) is 9.33. The molecule has 1 aromatic carbocycles. The van der Waals surface area contributed by atoms with Gasteiger partial charge in [0, 0.05) is 25.3 Å². The van der Waals surface area contributed by atoms with Crippen molar-refractivity contribution in [2.75, 3.05) is 26.2 Å². The lowest BCUT2D eigenvalue weighted by atomic mass is 10.1. The fraction of sp³-hybridized carbons (Fsp3) is 0.474. The maximum absolute atomic E-state index is 13.0. The number of carbonyl (C=O) groups is 1. The first kappa shape index (κ1) is 17.5. The van der Waals surface area contributed by atoms with Gasteiger partial charge in [-0.2, -0.15) is 5.10 Å². The Kier molecular flexibility index (Phi) is 5.08. The van der Waals surface area contributed by atoms with E-state index in [4.69, 9.17) is 10.5 Å². The minimum atomic E-state index is 0.0137. The predicted octanol–water partition coefficient (Wildman–Crippen LogP) is 2.23. The van der Waals surface area contributed by atoms with Crippen molar-refractivity contribution in [1.29, 1.82) is 0 Å². The highest BCUT2D eigenvalue weighted by molar-refractivity contribution is 5.97. The molecular formula is C19H26N4O2. The van der Waals surface area contributed by atoms with Crippen LogP contribution in [-0.2, 0) is 0 Å². The standard InChI is InChI=1S/C19H26N4O2/c1-13-4-5-18(25-9-7-20)17(10-13)19(24)22-8-6-16(12-22)23-15(3)11-14(2)21-23/h4-5,10-11,16H,6-9,12,20H2,1-3H3/t16-/m0/s1. The van der Waals surface area contributed by atoms with Crippen LogP contribution in [0.1, 0.15) is 39.8 Å². The van der Waals surface area contributed by atoms with E-state index >= 15 is 0 Å². The van der Waals surface area contributed by atoms with Crippen LogP contribution in [0.15, 0.2) is 24.3 Å². The Bertz CT molecular complexity index is 769. The van der Waals surface area contributed by atoms with Crippen LogP contribution in [0.5, 0.6) is 5.75 Å². The zero-order chi connectivity index (χ0) is 18.0. The van der Waals surface area contributed by atoms with Crippen LogP contribution in [0.2, 0.25) is 0 Å². The van der Waals surface area contributed by atoms with E-state index in [1.165, 1.54) is 0 Å². The van der Waals surface area contributed by atoms with Crippen LogP contribution >= 0.6 is 0 Å². The van der Waals surface area contributed by atoms with E-state index in [-0.39, 0.29) is 11.9 Å². The number of likely N-dealkylation sites (tertiary alicyclic amines) is 1. The number of aryl methyl sites for hydroxylation is 3. The second-order valence-corrected chi connectivity index (χ2v) is 6.70. The molecule has 2 aromatic rings. The van der Waals surface area contributed by atoms with Crippen LogP contribution in [0, 0.1) is 20.8 Å². The Morgan fingerprint density at radius 2 is 2.12 bits per heavy atom. The van der Waals surface area contributed by atoms with Gasteiger partial charge in [-0.3, -0.25) is 9.48 Å². The molecule has 1 saturated heterocycles. The molecule has 1 aliphatic rings. The topological polar surface area (TPSA) is 73.4 Å². The van der Waals surface area contributed by atoms with Gasteiger partial charge in [0.15, 0.2) is 0 Å². The Morgan fingerprint density at radius 1 is 1.32 bits per heavy atom. The average molecular weight is 342 g/mol. The number of hydrogen-bond acceptors (Lipinski definition) is 4. The third kappa shape index (κ3) is 3.69. The monoisotopic (exact) mass is 342 g/mol. The second kappa shape index (κ2) is 7.27. The zero-order valence-electron chi connectivity index (χ0n) is 15.2. The van der Waals surface area contributed by atoms with E-state index in [0.29, 0.717) is 31.0 Å². The van der Waals surface area contributed by atoms with Crippen LogP contribution in [0.4, 0.5) is 0 Å². The van der Waals surface area contributed by atoms with Gasteiger partial charge in [-0.15, -0.1) is 0 Å². The Morgan fingerprint density at radius 3 is 2.80 bits per heavy atom. The summed E-state index contributed by atoms with van der Waals surface area (Å²) in [6, 6.07) is 8.00. The summed E-state index contributed by atoms with van der Waals surface area (Å²) in [7, 11) is 0. The first-order chi connectivity index (χ1) is 12.0. The SMILES string of the molecule is Cc1ccc(OCCN)c(C(=O)N2CC[C@H](n3nc(C)cc3C)C2)c1. The number of carbonyl (C=O) groups excluding carboxylic acids is 1. The van der Waals surface area contributed by atoms with Gasteiger partial charge < -0.3 is 15.4 Å². The molecule has 6 heteroatoms. The molecule has 0 bridgehead atoms. The molecule has 2 N–H and O–H groups in total. The number of nitrogens with zero attached hydrogens (tertiary/aromatic N) is 3. The number of hydrogen-bond donors (Lipinski definition) is 1. The molecule has 0 radical (unpaired) electrons. The van der Waals surface area contributed by atoms with Crippen molar-refractivity contribution in [3.05, 3.63) is 46.8 Å². The maximum Gasteiger partial charge on any atom is 0.257 e. The summed E-state index contributed by atoms with van der Waals surface area (Å²) < 4.78 is 7.71. The molecule has 1 aromatic heterocycles. The lowest BCUT2D eigenvalue weighted by Crippen LogP contribution is -2.30. The Hall–Kier alpha value is -2.34. The summed E-state index contributed by atoms with van der Waals surface area (Å²) in [5, 5.41) is 4.57. The quantitative estimate of drug-likeness (QED) is 0.904. The Labute approximate surface area is 148 Å². The van der Waals surface area contributed by atoms with Crippen LogP contribution < -0.4 is 10.5 Å². The third-order valence-corrected chi connectivity index (χ3v) is 4.58. The normalized spacial score (nSPS) is 17.1. The highest BCUT2D eigenvalue weighted by Gasteiger charge is 2.30. The first-order valence-corrected chi connectivity index (χ1v) is 8.75. The number of aromatic nitrogens is 2. The highest BCUT2D eigenvalue weighted by Crippen LogP contribution is 2.28. The van der Waals surface area contributed by atoms with E-state index < -0.39 is 0 Å². The molecule has 134 valence electrons. The molecule has 0 spiro atoms. The van der Waals surface area contributed by atoms with Crippen molar-refractivity contribution >= 4 is 5.91 Å². The predicted molar refractivity (Wildman–Crippen MR) is 97.0 cm³/mol. The average Bonchev–Trinajstić information content (AvgIpc) is 3.19. The first-order valence-electron chi connectivity index (χ1n) is 8.75. The van der Waals surface area contributed by atoms with Crippen molar-refractivity contribution in [3.8, 4) is 5.75 Å². The van der Waals surface area contributed by atoms with E-state index in [1.54, 1.807) is 0 Å². The second-order valence-electron chi connectivity index (χ2n) is 6.70. The van der Waals surface area contributed by atoms with Gasteiger partial charge in [0.1, 0.15) is 12.4 Å². The largest absolute Gasteiger partial charge is 0.491 e. The minimum Gasteiger partial charge on any atom is -0.491 e. The molecule has 1 fully saturated rings. The van der Waals surface area contributed by atoms with Crippen LogP contribution in [0.3, 0.4) is 0 Å². The minimum absolute atomic E-state index is 0.0137. The van der Waals surface area contributed by atoms with E-state index in [2.05, 4.69) is 18.1 Å². The molecule has 25 heavy (non-hydrogen) atoms. The molecule has 6 nitrogen and oxygen atoms in total. The van der Waals surface area contributed by atoms with Gasteiger partial charge in [0.05, 0.1) is 17.3 Å². The third-order valence-electron chi connectivity index (χ3n) is 4.58. The van der Waals surface area contributed by atoms with Gasteiger partial charge in [-0.25, -0.2) is 0 Å². The smallest absolute Gasteiger partial charge is 0.257 e. The fourth-order valence-electron chi connectivity index (χ4n) is 3.42. The number of amides is 1. The highest BCUT2D eigenvalue weighted by atomic mass is 16.5. The molecule has 3 rings (SSSR count). The van der Waals surface area contributed by atoms with E-state index in [9.17, 15) is 4.79 Å². The lowest BCUT2D eigenvalue weighted by Gasteiger charge is -2.19. The number of nitrogens with two attached hydrogens (primary N) is 1. The summed E-state index contributed by atoms with van der Waals surface area (Å²) in [6.07, 6.45) is 0.915. The lowest BCUT2D eigenvalue weighted by molar-refractivity contribution is 0.0782. The Balaban J connectivity index is 1.78. The van der Waals surface area contributed by atoms with Crippen molar-refractivity contribution in [1.82, 2.24) is 14.7 Å². The molecule has 1 atom stereocenters. The number of rotatable bonds is 5. The molecule has 1 aliphatic heterocycles. The van der Waals surface area contributed by atoms with Crippen molar-refractivity contribution in [2.24, 2.45) is 5.73 Å². The molecule has 0 aliphatic carbocycles. The van der Waals surface area contributed by atoms with E-state index in [1.807, 2.05) is 41.6 Å². The summed E-state index contributed by atoms with van der Waals surface area (Å²) in [6.45, 7) is 8.26. The molecule has 2 heterocycles. The van der Waals surface area contributed by atoms with Gasteiger partial charge in [0.25, 0.3) is 5.91 Å². The maximum atomic E-state index is 13.0. The fourth-order valence-corrected chi connectivity index (χ4v) is 3.42. The van der Waals surface area contributed by atoms with Gasteiger partial charge in [-0.05, 0) is 45.4 Å². The molecule has 0 saturated carbocycles. The van der Waals surface area contributed by atoms with E-state index in [0.717, 1.165) is 29.9 Å². The molecular weight excluding hydrogens is 316 g/mol. The number of ether oxygens (including phenoxy) is 1. The van der Waals surface area contributed by atoms with Crippen LogP contribution in [0.25, 0.3) is 0 Å². The van der Waals surface area contributed by atoms with Gasteiger partial charge >= 0.3 is 0 Å². The summed E-state index contributed by atoms with van der Waals surface area (Å²) in [4.78, 5) is 14.9. The van der Waals surface area contributed by atoms with Gasteiger partial charge in [-0.1, -0.05) is 11.6 Å². The van der Waals surface area contributed by atoms with Gasteiger partial charge in [0.2, 0.25) is 0 Å². The molecule has 1 amide bonds. The summed E-state index contributed by atoms with van der Waals surface area (Å²) in [5.74, 6) is 0.621. The van der Waals surface area contributed by atoms with Crippen LogP contribution in [-0.4, -0.2) is 46.8 Å². The zero-order valence-corrected chi connectivity index (χ0v) is 15.2. The molecule has 0 unspecified atom stereocenters. The van der Waals surface area contributed by atoms with Crippen molar-refractivity contribution in [2.45, 2.75) is 33.2 Å². The summed E-state index contributed by atoms with van der Waals surface area (Å²) >= 11 is 0. The van der Waals surface area contributed by atoms with Crippen molar-refractivity contribution in [3.63, 3.8) is 0 Å².